The van der Waals surface area contributed by atoms with E-state index in [1.165, 1.54) is 0 Å². The highest BCUT2D eigenvalue weighted by Gasteiger charge is 2.57. The Hall–Kier alpha value is -2.86. The molecule has 1 unspecified atom stereocenters. The van der Waals surface area contributed by atoms with E-state index in [9.17, 15) is 14.7 Å². The van der Waals surface area contributed by atoms with E-state index in [-0.39, 0.29) is 31.5 Å². The van der Waals surface area contributed by atoms with Crippen LogP contribution in [0.15, 0.2) is 54.6 Å². The molecular formula is C22H24N2O4. The van der Waals surface area contributed by atoms with Crippen LogP contribution in [0, 0.1) is 5.41 Å². The smallest absolute Gasteiger partial charge is 0.315 e. The highest BCUT2D eigenvalue weighted by atomic mass is 16.5. The molecule has 2 atom stereocenters. The lowest BCUT2D eigenvalue weighted by molar-refractivity contribution is -0.152. The fourth-order valence-electron chi connectivity index (χ4n) is 4.31. The lowest BCUT2D eigenvalue weighted by Crippen LogP contribution is -2.46. The Labute approximate surface area is 164 Å². The molecule has 1 saturated heterocycles. The Morgan fingerprint density at radius 3 is 2.64 bits per heavy atom. The maximum Gasteiger partial charge on any atom is 0.315 e. The van der Waals surface area contributed by atoms with Gasteiger partial charge in [0, 0.05) is 31.1 Å². The number of carboxylic acids is 1. The SMILES string of the molecule is CN(CC(=O)N1CC2c3ccccc3OC[C@]2(C(=O)O)C1)Cc1ccccc1. The van der Waals surface area contributed by atoms with Gasteiger partial charge in [0.25, 0.3) is 0 Å². The molecule has 6 nitrogen and oxygen atoms in total. The molecule has 0 spiro atoms. The summed E-state index contributed by atoms with van der Waals surface area (Å²) < 4.78 is 5.76. The Kier molecular flexibility index (Phi) is 4.81. The first-order chi connectivity index (χ1) is 13.5. The summed E-state index contributed by atoms with van der Waals surface area (Å²) in [5.74, 6) is -0.482. The monoisotopic (exact) mass is 380 g/mol. The van der Waals surface area contributed by atoms with Gasteiger partial charge >= 0.3 is 5.97 Å². The maximum absolute atomic E-state index is 12.9. The standard InChI is InChI=1S/C22H24N2O4/c1-23(11-16-7-3-2-4-8-16)13-20(25)24-12-18-17-9-5-6-10-19(17)28-15-22(18,14-24)21(26)27/h2-10,18H,11-15H2,1H3,(H,26,27)/t18?,22-/m1/s1. The molecule has 0 bridgehead atoms. The molecule has 2 aliphatic rings. The number of para-hydroxylation sites is 1. The summed E-state index contributed by atoms with van der Waals surface area (Å²) in [7, 11) is 1.90. The molecule has 0 aliphatic carbocycles. The topological polar surface area (TPSA) is 70.1 Å². The quantitative estimate of drug-likeness (QED) is 0.861. The summed E-state index contributed by atoms with van der Waals surface area (Å²) in [4.78, 5) is 28.7. The fraction of sp³-hybridized carbons (Fsp3) is 0.364. The van der Waals surface area contributed by atoms with Gasteiger partial charge in [0.05, 0.1) is 6.54 Å². The van der Waals surface area contributed by atoms with Crippen LogP contribution in [0.1, 0.15) is 17.0 Å². The van der Waals surface area contributed by atoms with Crippen LogP contribution in [0.4, 0.5) is 0 Å². The normalized spacial score (nSPS) is 23.1. The van der Waals surface area contributed by atoms with Crippen molar-refractivity contribution in [1.29, 1.82) is 0 Å². The van der Waals surface area contributed by atoms with Crippen molar-refractivity contribution in [3.8, 4) is 5.75 Å². The molecule has 0 saturated carbocycles. The molecule has 2 heterocycles. The Bertz CT molecular complexity index is 885. The molecule has 0 aromatic heterocycles. The van der Waals surface area contributed by atoms with Gasteiger partial charge in [-0.1, -0.05) is 48.5 Å². The van der Waals surface area contributed by atoms with Crippen LogP contribution in [0.5, 0.6) is 5.75 Å². The van der Waals surface area contributed by atoms with E-state index in [0.717, 1.165) is 16.9 Å². The van der Waals surface area contributed by atoms with Crippen LogP contribution in [-0.2, 0) is 16.1 Å². The molecule has 0 radical (unpaired) electrons. The first kappa shape index (κ1) is 18.5. The summed E-state index contributed by atoms with van der Waals surface area (Å²) in [5.41, 5.74) is 0.934. The first-order valence-electron chi connectivity index (χ1n) is 9.45. The lowest BCUT2D eigenvalue weighted by Gasteiger charge is -2.35. The van der Waals surface area contributed by atoms with E-state index < -0.39 is 11.4 Å². The number of fused-ring (bicyclic) bond motifs is 3. The summed E-state index contributed by atoms with van der Waals surface area (Å²) in [5, 5.41) is 9.97. The van der Waals surface area contributed by atoms with Crippen molar-refractivity contribution in [2.45, 2.75) is 12.5 Å². The third kappa shape index (κ3) is 3.24. The van der Waals surface area contributed by atoms with Crippen molar-refractivity contribution in [2.75, 3.05) is 33.3 Å². The zero-order valence-corrected chi connectivity index (χ0v) is 15.9. The molecular weight excluding hydrogens is 356 g/mol. The Balaban J connectivity index is 1.49. The van der Waals surface area contributed by atoms with E-state index in [2.05, 4.69) is 0 Å². The fourth-order valence-corrected chi connectivity index (χ4v) is 4.31. The van der Waals surface area contributed by atoms with Crippen LogP contribution >= 0.6 is 0 Å². The molecule has 146 valence electrons. The molecule has 1 amide bonds. The molecule has 1 fully saturated rings. The van der Waals surface area contributed by atoms with Crippen LogP contribution in [-0.4, -0.2) is 60.1 Å². The summed E-state index contributed by atoms with van der Waals surface area (Å²) >= 11 is 0. The molecule has 28 heavy (non-hydrogen) atoms. The third-order valence-corrected chi connectivity index (χ3v) is 5.80. The van der Waals surface area contributed by atoms with Crippen molar-refractivity contribution < 1.29 is 19.4 Å². The number of likely N-dealkylation sites (N-methyl/N-ethyl adjacent to an activating group) is 1. The van der Waals surface area contributed by atoms with Gasteiger partial charge in [-0.3, -0.25) is 14.5 Å². The number of rotatable bonds is 5. The number of nitrogens with zero attached hydrogens (tertiary/aromatic N) is 2. The minimum atomic E-state index is -1.08. The molecule has 6 heteroatoms. The Morgan fingerprint density at radius 2 is 1.89 bits per heavy atom. The van der Waals surface area contributed by atoms with Crippen LogP contribution in [0.25, 0.3) is 0 Å². The minimum Gasteiger partial charge on any atom is -0.492 e. The lowest BCUT2D eigenvalue weighted by atomic mass is 9.73. The zero-order valence-electron chi connectivity index (χ0n) is 15.9. The summed E-state index contributed by atoms with van der Waals surface area (Å²) in [6, 6.07) is 17.5. The van der Waals surface area contributed by atoms with Gasteiger partial charge in [-0.25, -0.2) is 0 Å². The summed E-state index contributed by atoms with van der Waals surface area (Å²) in [6.07, 6.45) is 0. The first-order valence-corrected chi connectivity index (χ1v) is 9.45. The van der Waals surface area contributed by atoms with E-state index >= 15 is 0 Å². The van der Waals surface area contributed by atoms with Gasteiger partial charge in [-0.15, -0.1) is 0 Å². The van der Waals surface area contributed by atoms with Gasteiger partial charge in [-0.05, 0) is 18.7 Å². The second kappa shape index (κ2) is 7.28. The van der Waals surface area contributed by atoms with Gasteiger partial charge < -0.3 is 14.7 Å². The number of aliphatic carboxylic acids is 1. The third-order valence-electron chi connectivity index (χ3n) is 5.80. The highest BCUT2D eigenvalue weighted by molar-refractivity contribution is 5.83. The van der Waals surface area contributed by atoms with Crippen molar-refractivity contribution in [3.05, 3.63) is 65.7 Å². The van der Waals surface area contributed by atoms with Crippen molar-refractivity contribution >= 4 is 11.9 Å². The van der Waals surface area contributed by atoms with Gasteiger partial charge in [0.2, 0.25) is 5.91 Å². The van der Waals surface area contributed by atoms with Crippen LogP contribution in [0.3, 0.4) is 0 Å². The number of amides is 1. The number of ether oxygens (including phenoxy) is 1. The average molecular weight is 380 g/mol. The largest absolute Gasteiger partial charge is 0.492 e. The molecule has 4 rings (SSSR count). The highest BCUT2D eigenvalue weighted by Crippen LogP contribution is 2.49. The van der Waals surface area contributed by atoms with Crippen LogP contribution in [0.2, 0.25) is 0 Å². The second-order valence-corrected chi connectivity index (χ2v) is 7.77. The van der Waals surface area contributed by atoms with Crippen molar-refractivity contribution in [1.82, 2.24) is 9.80 Å². The van der Waals surface area contributed by atoms with Gasteiger partial charge in [-0.2, -0.15) is 0 Å². The van der Waals surface area contributed by atoms with Crippen molar-refractivity contribution in [3.63, 3.8) is 0 Å². The molecule has 2 aliphatic heterocycles. The number of carbonyl (C=O) groups excluding carboxylic acids is 1. The number of hydrogen-bond acceptors (Lipinski definition) is 4. The van der Waals surface area contributed by atoms with Gasteiger partial charge in [0.1, 0.15) is 17.8 Å². The van der Waals surface area contributed by atoms with E-state index in [1.54, 1.807) is 4.90 Å². The molecule has 2 aromatic rings. The predicted octanol–water partition coefficient (Wildman–Crippen LogP) is 2.21. The number of benzene rings is 2. The van der Waals surface area contributed by atoms with E-state index in [1.807, 2.05) is 66.5 Å². The summed E-state index contributed by atoms with van der Waals surface area (Å²) in [6.45, 7) is 1.59. The number of carboxylic acid groups (broad SMARTS) is 1. The second-order valence-electron chi connectivity index (χ2n) is 7.77. The molecule has 2 aromatic carbocycles. The zero-order chi connectivity index (χ0) is 19.7. The maximum atomic E-state index is 12.9. The average Bonchev–Trinajstić information content (AvgIpc) is 3.11. The number of hydrogen-bond donors (Lipinski definition) is 1. The minimum absolute atomic E-state index is 0.0501. The van der Waals surface area contributed by atoms with E-state index in [4.69, 9.17) is 4.74 Å². The predicted molar refractivity (Wildman–Crippen MR) is 104 cm³/mol. The van der Waals surface area contributed by atoms with Crippen LogP contribution < -0.4 is 4.74 Å². The van der Waals surface area contributed by atoms with E-state index in [0.29, 0.717) is 13.1 Å². The number of carbonyl (C=O) groups is 2. The number of likely N-dealkylation sites (tertiary alicyclic amines) is 1. The van der Waals surface area contributed by atoms with Crippen molar-refractivity contribution in [2.24, 2.45) is 5.41 Å². The van der Waals surface area contributed by atoms with Gasteiger partial charge in [0.15, 0.2) is 0 Å². The molecule has 1 N–H and O–H groups in total. The Morgan fingerprint density at radius 1 is 1.18 bits per heavy atom.